The molecule has 0 amide bonds. The van der Waals surface area contributed by atoms with Crippen molar-refractivity contribution >= 4 is 28.8 Å². The number of halogens is 1. The molecule has 1 N–H and O–H groups in total. The first-order chi connectivity index (χ1) is 8.10. The third-order valence-electron chi connectivity index (χ3n) is 3.17. The van der Waals surface area contributed by atoms with Crippen LogP contribution in [0.1, 0.15) is 18.3 Å². The van der Waals surface area contributed by atoms with E-state index >= 15 is 0 Å². The maximum absolute atomic E-state index is 6.09. The molecule has 0 fully saturated rings. The van der Waals surface area contributed by atoms with Gasteiger partial charge < -0.3 is 4.98 Å². The molecule has 0 bridgehead atoms. The van der Waals surface area contributed by atoms with Crippen molar-refractivity contribution in [3.63, 3.8) is 0 Å². The van der Waals surface area contributed by atoms with Crippen molar-refractivity contribution in [1.82, 2.24) is 9.97 Å². The minimum atomic E-state index is -0.377. The summed E-state index contributed by atoms with van der Waals surface area (Å²) in [6, 6.07) is 3.84. The summed E-state index contributed by atoms with van der Waals surface area (Å²) in [7, 11) is 0. The summed E-state index contributed by atoms with van der Waals surface area (Å²) in [5, 5.41) is 0.742. The highest BCUT2D eigenvalue weighted by molar-refractivity contribution is 6.32. The molecule has 86 valence electrons. The summed E-state index contributed by atoms with van der Waals surface area (Å²) in [6.07, 6.45) is 5.77. The van der Waals surface area contributed by atoms with Gasteiger partial charge in [0.2, 0.25) is 0 Å². The lowest BCUT2D eigenvalue weighted by Gasteiger charge is -2.14. The Morgan fingerprint density at radius 3 is 2.88 bits per heavy atom. The number of aryl methyl sites for hydroxylation is 1. The number of fused-ring (bicyclic) bond motifs is 1. The van der Waals surface area contributed by atoms with E-state index in [2.05, 4.69) is 15.0 Å². The van der Waals surface area contributed by atoms with Crippen LogP contribution in [0.25, 0.3) is 11.0 Å². The van der Waals surface area contributed by atoms with Gasteiger partial charge >= 0.3 is 0 Å². The number of hydrogen-bond acceptors (Lipinski definition) is 2. The Kier molecular flexibility index (Phi) is 2.13. The quantitative estimate of drug-likeness (QED) is 0.822. The number of aromatic nitrogens is 2. The molecule has 0 aliphatic carbocycles. The maximum atomic E-state index is 6.09. The average Bonchev–Trinajstić information content (AvgIpc) is 2.91. The second-order valence-electron chi connectivity index (χ2n) is 4.44. The molecule has 0 saturated heterocycles. The molecule has 4 heteroatoms. The highest BCUT2D eigenvalue weighted by atomic mass is 35.5. The first kappa shape index (κ1) is 10.5. The van der Waals surface area contributed by atoms with E-state index in [0.29, 0.717) is 0 Å². The number of nitrogens with zero attached hydrogens (tertiary/aromatic N) is 2. The smallest absolute Gasteiger partial charge is 0.139 e. The molecule has 1 aliphatic heterocycles. The normalized spacial score (nSPS) is 22.8. The van der Waals surface area contributed by atoms with Crippen molar-refractivity contribution in [1.29, 1.82) is 0 Å². The van der Waals surface area contributed by atoms with Gasteiger partial charge in [0.1, 0.15) is 11.4 Å². The fourth-order valence-corrected chi connectivity index (χ4v) is 2.19. The molecular formula is C13H12ClN3. The summed E-state index contributed by atoms with van der Waals surface area (Å²) in [4.78, 5) is 12.4. The number of hydrogen-bond donors (Lipinski definition) is 1. The van der Waals surface area contributed by atoms with Crippen molar-refractivity contribution in [2.24, 2.45) is 4.99 Å². The highest BCUT2D eigenvalue weighted by Crippen LogP contribution is 2.31. The van der Waals surface area contributed by atoms with Gasteiger partial charge in [-0.05, 0) is 43.7 Å². The van der Waals surface area contributed by atoms with Crippen molar-refractivity contribution in [2.45, 2.75) is 19.4 Å². The Hall–Kier alpha value is -1.61. The largest absolute Gasteiger partial charge is 0.340 e. The Bertz CT molecular complexity index is 640. The molecule has 17 heavy (non-hydrogen) atoms. The monoisotopic (exact) mass is 245 g/mol. The molecule has 3 rings (SSSR count). The van der Waals surface area contributed by atoms with E-state index in [0.717, 1.165) is 27.4 Å². The first-order valence-electron chi connectivity index (χ1n) is 5.48. The maximum Gasteiger partial charge on any atom is 0.139 e. The Morgan fingerprint density at radius 1 is 1.35 bits per heavy atom. The fraction of sp³-hybridized carbons (Fsp3) is 0.231. The minimum absolute atomic E-state index is 0.377. The average molecular weight is 246 g/mol. The van der Waals surface area contributed by atoms with E-state index in [1.54, 1.807) is 6.21 Å². The predicted octanol–water partition coefficient (Wildman–Crippen LogP) is 3.38. The molecule has 1 aliphatic rings. The van der Waals surface area contributed by atoms with Crippen LogP contribution in [-0.2, 0) is 5.54 Å². The zero-order valence-corrected chi connectivity index (χ0v) is 10.4. The van der Waals surface area contributed by atoms with E-state index in [1.165, 1.54) is 0 Å². The molecule has 2 heterocycles. The molecule has 0 spiro atoms. The molecule has 1 atom stereocenters. The van der Waals surface area contributed by atoms with Crippen LogP contribution in [-0.4, -0.2) is 16.2 Å². The second-order valence-corrected chi connectivity index (χ2v) is 4.85. The number of nitrogens with one attached hydrogen (secondary N) is 1. The van der Waals surface area contributed by atoms with Gasteiger partial charge in [0.25, 0.3) is 0 Å². The van der Waals surface area contributed by atoms with E-state index in [9.17, 15) is 0 Å². The van der Waals surface area contributed by atoms with Crippen molar-refractivity contribution in [2.75, 3.05) is 0 Å². The number of aromatic amines is 1. The molecular weight excluding hydrogens is 234 g/mol. The van der Waals surface area contributed by atoms with Gasteiger partial charge in [-0.2, -0.15) is 0 Å². The van der Waals surface area contributed by atoms with Crippen LogP contribution in [0.5, 0.6) is 0 Å². The Morgan fingerprint density at radius 2 is 2.18 bits per heavy atom. The third kappa shape index (κ3) is 1.50. The molecule has 1 aromatic heterocycles. The summed E-state index contributed by atoms with van der Waals surface area (Å²) in [6.45, 7) is 4.01. The van der Waals surface area contributed by atoms with Crippen LogP contribution >= 0.6 is 11.6 Å². The number of rotatable bonds is 1. The first-order valence-corrected chi connectivity index (χ1v) is 5.86. The summed E-state index contributed by atoms with van der Waals surface area (Å²) >= 11 is 6.09. The number of imidazole rings is 1. The zero-order chi connectivity index (χ0) is 12.0. The standard InChI is InChI=1S/C13H12ClN3/c1-8-9(14)4-5-10-11(8)17-12(16-10)13(2)6-3-7-15-13/h3-7H,1-2H3,(H,16,17). The van der Waals surface area contributed by atoms with Gasteiger partial charge in [0.05, 0.1) is 11.0 Å². The van der Waals surface area contributed by atoms with Gasteiger partial charge in [-0.1, -0.05) is 11.6 Å². The summed E-state index contributed by atoms with van der Waals surface area (Å²) in [5.74, 6) is 0.850. The number of H-pyrrole nitrogens is 1. The van der Waals surface area contributed by atoms with Crippen molar-refractivity contribution in [3.05, 3.63) is 40.7 Å². The minimum Gasteiger partial charge on any atom is -0.340 e. The van der Waals surface area contributed by atoms with E-state index in [1.807, 2.05) is 38.1 Å². The predicted molar refractivity (Wildman–Crippen MR) is 70.8 cm³/mol. The number of benzene rings is 1. The van der Waals surface area contributed by atoms with Gasteiger partial charge in [0.15, 0.2) is 0 Å². The van der Waals surface area contributed by atoms with Gasteiger partial charge in [0, 0.05) is 11.2 Å². The SMILES string of the molecule is Cc1c(Cl)ccc2[nH]c(C3(C)C=CC=N3)nc12. The zero-order valence-electron chi connectivity index (χ0n) is 9.66. The van der Waals surface area contributed by atoms with Gasteiger partial charge in [-0.15, -0.1) is 0 Å². The number of aliphatic imine (C=N–C) groups is 1. The lowest BCUT2D eigenvalue weighted by Crippen LogP contribution is -2.15. The summed E-state index contributed by atoms with van der Waals surface area (Å²) in [5.41, 5.74) is 2.54. The topological polar surface area (TPSA) is 41.0 Å². The van der Waals surface area contributed by atoms with Crippen LogP contribution < -0.4 is 0 Å². The lowest BCUT2D eigenvalue weighted by atomic mass is 10.0. The second kappa shape index (κ2) is 3.44. The van der Waals surface area contributed by atoms with E-state index in [-0.39, 0.29) is 5.54 Å². The van der Waals surface area contributed by atoms with Crippen molar-refractivity contribution in [3.8, 4) is 0 Å². The van der Waals surface area contributed by atoms with Gasteiger partial charge in [-0.3, -0.25) is 4.99 Å². The van der Waals surface area contributed by atoms with Crippen LogP contribution in [0.3, 0.4) is 0 Å². The Labute approximate surface area is 104 Å². The molecule has 0 radical (unpaired) electrons. The van der Waals surface area contributed by atoms with E-state index in [4.69, 9.17) is 11.6 Å². The molecule has 0 saturated carbocycles. The molecule has 1 aromatic carbocycles. The van der Waals surface area contributed by atoms with Crippen LogP contribution in [0.15, 0.2) is 29.3 Å². The van der Waals surface area contributed by atoms with Gasteiger partial charge in [-0.25, -0.2) is 4.98 Å². The summed E-state index contributed by atoms with van der Waals surface area (Å²) < 4.78 is 0. The number of allylic oxidation sites excluding steroid dienone is 1. The van der Waals surface area contributed by atoms with E-state index < -0.39 is 0 Å². The van der Waals surface area contributed by atoms with Crippen LogP contribution in [0.2, 0.25) is 5.02 Å². The van der Waals surface area contributed by atoms with Crippen LogP contribution in [0.4, 0.5) is 0 Å². The fourth-order valence-electron chi connectivity index (χ4n) is 2.04. The Balaban J connectivity index is 2.24. The third-order valence-corrected chi connectivity index (χ3v) is 3.58. The van der Waals surface area contributed by atoms with Crippen molar-refractivity contribution < 1.29 is 0 Å². The lowest BCUT2D eigenvalue weighted by molar-refractivity contribution is 0.607. The molecule has 3 nitrogen and oxygen atoms in total. The highest BCUT2D eigenvalue weighted by Gasteiger charge is 2.28. The van der Waals surface area contributed by atoms with Crippen LogP contribution in [0, 0.1) is 6.92 Å². The molecule has 2 aromatic rings. The molecule has 1 unspecified atom stereocenters.